The fourth-order valence-corrected chi connectivity index (χ4v) is 9.88. The Morgan fingerprint density at radius 2 is 1.63 bits per heavy atom. The summed E-state index contributed by atoms with van der Waals surface area (Å²) < 4.78 is 46.0. The number of nitrogens with zero attached hydrogens (tertiary/aromatic N) is 2. The van der Waals surface area contributed by atoms with Crippen LogP contribution in [0.4, 0.5) is 0 Å². The molecule has 0 aliphatic carbocycles. The van der Waals surface area contributed by atoms with E-state index in [1.54, 1.807) is 30.3 Å². The molecule has 4 aliphatic heterocycles. The predicted octanol–water partition coefficient (Wildman–Crippen LogP) is -1.57. The van der Waals surface area contributed by atoms with E-state index in [0.29, 0.717) is 5.56 Å². The number of amides is 3. The van der Waals surface area contributed by atoms with Gasteiger partial charge in [0.25, 0.3) is 0 Å². The number of nitrogens with two attached hydrogens (primary N) is 1. The van der Waals surface area contributed by atoms with Gasteiger partial charge in [0.2, 0.25) is 24.5 Å². The monoisotopic (exact) mass is 610 g/mol. The average Bonchev–Trinajstić information content (AvgIpc) is 3.18. The van der Waals surface area contributed by atoms with E-state index in [4.69, 9.17) is 15.2 Å². The summed E-state index contributed by atoms with van der Waals surface area (Å²) in [6.45, 7) is 4.72. The molecule has 16 heteroatoms. The van der Waals surface area contributed by atoms with Crippen molar-refractivity contribution in [3.8, 4) is 0 Å². The van der Waals surface area contributed by atoms with Crippen LogP contribution in [0.3, 0.4) is 0 Å². The molecule has 41 heavy (non-hydrogen) atoms. The fraction of sp³-hybridized carbons (Fsp3) is 0.560. The Morgan fingerprint density at radius 3 is 2.22 bits per heavy atom. The van der Waals surface area contributed by atoms with Gasteiger partial charge in [-0.3, -0.25) is 18.6 Å². The summed E-state index contributed by atoms with van der Waals surface area (Å²) in [4.78, 5) is 65.7. The number of carbonyl (C=O) groups excluding carboxylic acids is 5. The molecule has 0 spiro atoms. The number of hydrogen-bond donors (Lipinski definition) is 2. The summed E-state index contributed by atoms with van der Waals surface area (Å²) in [5.41, 5.74) is 6.53. The minimum atomic E-state index is -3.84. The van der Waals surface area contributed by atoms with Crippen LogP contribution in [0.15, 0.2) is 30.3 Å². The van der Waals surface area contributed by atoms with Gasteiger partial charge >= 0.3 is 11.9 Å². The molecule has 4 fully saturated rings. The molecular weight excluding hydrogens is 580 g/mol. The third kappa shape index (κ3) is 4.09. The van der Waals surface area contributed by atoms with Gasteiger partial charge in [-0.25, -0.2) is 18.0 Å². The molecule has 4 aliphatic rings. The second-order valence-corrected chi connectivity index (χ2v) is 16.2. The summed E-state index contributed by atoms with van der Waals surface area (Å²) in [7, 11) is -5.64. The van der Waals surface area contributed by atoms with Crippen LogP contribution in [-0.4, -0.2) is 97.2 Å². The van der Waals surface area contributed by atoms with Crippen LogP contribution < -0.4 is 11.1 Å². The molecule has 5 rings (SSSR count). The van der Waals surface area contributed by atoms with Gasteiger partial charge in [0.15, 0.2) is 9.84 Å². The lowest BCUT2D eigenvalue weighted by Crippen LogP contribution is -2.72. The predicted molar refractivity (Wildman–Crippen MR) is 141 cm³/mol. The number of rotatable bonds is 7. The lowest BCUT2D eigenvalue weighted by molar-refractivity contribution is -0.181. The van der Waals surface area contributed by atoms with E-state index < -0.39 is 101 Å². The second kappa shape index (κ2) is 9.59. The SMILES string of the molecule is CC1(C)[C@H](C(=O)OCOC(=O)[C@@H]2N3C(=O)C[C@H]3S(=O)(=O)C2(C)C)N2C(=O)[C@@H](NC(=O)[C@H](N)c3ccccc3)[C@H]2S1=O. The van der Waals surface area contributed by atoms with Gasteiger partial charge in [-0.15, -0.1) is 0 Å². The first-order valence-corrected chi connectivity index (χ1v) is 15.5. The summed E-state index contributed by atoms with van der Waals surface area (Å²) in [5.74, 6) is -3.88. The van der Waals surface area contributed by atoms with Gasteiger partial charge < -0.3 is 30.3 Å². The molecule has 4 saturated heterocycles. The van der Waals surface area contributed by atoms with Gasteiger partial charge in [-0.05, 0) is 33.3 Å². The third-order valence-electron chi connectivity index (χ3n) is 8.32. The Balaban J connectivity index is 1.22. The Hall–Kier alpha value is -3.37. The molecule has 0 bridgehead atoms. The van der Waals surface area contributed by atoms with Crippen molar-refractivity contribution in [1.82, 2.24) is 15.1 Å². The lowest BCUT2D eigenvalue weighted by atomic mass is 9.95. The summed E-state index contributed by atoms with van der Waals surface area (Å²) in [5, 5.41) is 0.415. The van der Waals surface area contributed by atoms with Crippen molar-refractivity contribution in [2.24, 2.45) is 5.73 Å². The second-order valence-electron chi connectivity index (χ2n) is 11.4. The van der Waals surface area contributed by atoms with Crippen LogP contribution in [0.1, 0.15) is 45.7 Å². The van der Waals surface area contributed by atoms with E-state index in [2.05, 4.69) is 5.32 Å². The fourth-order valence-electron chi connectivity index (χ4n) is 5.84. The number of β-lactam (4-membered cyclic amide) rings is 2. The number of carbonyl (C=O) groups is 5. The number of sulfone groups is 1. The normalized spacial score (nSPS) is 32.6. The van der Waals surface area contributed by atoms with Gasteiger partial charge in [0.1, 0.15) is 34.9 Å². The quantitative estimate of drug-likeness (QED) is 0.205. The molecule has 14 nitrogen and oxygen atoms in total. The highest BCUT2D eigenvalue weighted by atomic mass is 32.2. The highest BCUT2D eigenvalue weighted by Gasteiger charge is 2.69. The van der Waals surface area contributed by atoms with Crippen LogP contribution in [-0.2, 0) is 54.1 Å². The zero-order chi connectivity index (χ0) is 30.2. The first-order valence-electron chi connectivity index (χ1n) is 12.8. The van der Waals surface area contributed by atoms with Gasteiger partial charge in [0.05, 0.1) is 26.7 Å². The maximum atomic E-state index is 13.3. The van der Waals surface area contributed by atoms with Crippen molar-refractivity contribution in [2.75, 3.05) is 6.79 Å². The number of esters is 2. The highest BCUT2D eigenvalue weighted by molar-refractivity contribution is 7.93. The van der Waals surface area contributed by atoms with E-state index in [1.807, 2.05) is 0 Å². The lowest BCUT2D eigenvalue weighted by Gasteiger charge is -2.43. The first kappa shape index (κ1) is 29.1. The minimum Gasteiger partial charge on any atom is -0.426 e. The molecule has 222 valence electrons. The Morgan fingerprint density at radius 1 is 1.05 bits per heavy atom. The highest BCUT2D eigenvalue weighted by Crippen LogP contribution is 2.46. The molecule has 0 saturated carbocycles. The molecular formula is C25H30N4O10S2. The zero-order valence-electron chi connectivity index (χ0n) is 22.6. The molecule has 7 atom stereocenters. The van der Waals surface area contributed by atoms with Crippen molar-refractivity contribution in [3.05, 3.63) is 35.9 Å². The van der Waals surface area contributed by atoms with E-state index >= 15 is 0 Å². The van der Waals surface area contributed by atoms with Crippen molar-refractivity contribution in [2.45, 2.75) is 78.5 Å². The van der Waals surface area contributed by atoms with Crippen molar-refractivity contribution in [3.63, 3.8) is 0 Å². The smallest absolute Gasteiger partial charge is 0.333 e. The van der Waals surface area contributed by atoms with Crippen LogP contribution in [0.5, 0.6) is 0 Å². The van der Waals surface area contributed by atoms with E-state index in [-0.39, 0.29) is 6.42 Å². The topological polar surface area (TPSA) is 200 Å². The standard InChI is InChI=1S/C25H30N4O10S2/c1-24(2)17(22(33)38-11-39-23(34)18-25(3,4)41(36,37)14-10-13(30)28(14)18)29-20(32)16(21(29)40(24)35)27-19(31)15(26)12-8-6-5-7-9-12/h5-9,14-18,21H,10-11,26H2,1-4H3,(H,27,31)/t14-,15-,16-,17+,18+,21-,40?/m1/s1. The molecule has 1 aromatic rings. The van der Waals surface area contributed by atoms with Gasteiger partial charge in [-0.2, -0.15) is 0 Å². The molecule has 1 unspecified atom stereocenters. The number of fused-ring (bicyclic) bond motifs is 2. The van der Waals surface area contributed by atoms with E-state index in [9.17, 15) is 36.6 Å². The van der Waals surface area contributed by atoms with Crippen LogP contribution in [0.2, 0.25) is 0 Å². The minimum absolute atomic E-state index is 0.219. The van der Waals surface area contributed by atoms with Gasteiger partial charge in [0, 0.05) is 0 Å². The number of hydrogen-bond acceptors (Lipinski definition) is 11. The number of nitrogens with one attached hydrogen (secondary N) is 1. The number of ether oxygens (including phenoxy) is 2. The third-order valence-corrected chi connectivity index (χ3v) is 13.3. The zero-order valence-corrected chi connectivity index (χ0v) is 24.3. The van der Waals surface area contributed by atoms with Crippen molar-refractivity contribution in [1.29, 1.82) is 0 Å². The maximum absolute atomic E-state index is 13.3. The molecule has 3 N–H and O–H groups in total. The largest absolute Gasteiger partial charge is 0.426 e. The van der Waals surface area contributed by atoms with Crippen LogP contribution in [0, 0.1) is 0 Å². The van der Waals surface area contributed by atoms with Gasteiger partial charge in [-0.1, -0.05) is 30.3 Å². The Bertz CT molecular complexity index is 1480. The van der Waals surface area contributed by atoms with E-state index in [1.165, 1.54) is 27.7 Å². The maximum Gasteiger partial charge on any atom is 0.333 e. The number of benzene rings is 1. The molecule has 0 radical (unpaired) electrons. The Kier molecular flexibility index (Phi) is 6.82. The molecule has 3 amide bonds. The summed E-state index contributed by atoms with van der Waals surface area (Å²) >= 11 is 0. The van der Waals surface area contributed by atoms with Crippen LogP contribution >= 0.6 is 0 Å². The first-order chi connectivity index (χ1) is 19.0. The van der Waals surface area contributed by atoms with E-state index in [0.717, 1.165) is 9.80 Å². The molecule has 0 aromatic heterocycles. The van der Waals surface area contributed by atoms with Crippen molar-refractivity contribution < 1.29 is 46.1 Å². The molecule has 4 heterocycles. The van der Waals surface area contributed by atoms with Crippen LogP contribution in [0.25, 0.3) is 0 Å². The average molecular weight is 611 g/mol. The van der Waals surface area contributed by atoms with Crippen molar-refractivity contribution >= 4 is 50.3 Å². The summed E-state index contributed by atoms with van der Waals surface area (Å²) in [6, 6.07) is 3.51. The Labute approximate surface area is 238 Å². The summed E-state index contributed by atoms with van der Waals surface area (Å²) in [6.07, 6.45) is -0.219. The molecule has 1 aromatic carbocycles.